The number of imide groups is 1. The van der Waals surface area contributed by atoms with E-state index in [0.717, 1.165) is 21.8 Å². The van der Waals surface area contributed by atoms with E-state index in [1.165, 1.54) is 4.90 Å². The van der Waals surface area contributed by atoms with Crippen LogP contribution in [0.5, 0.6) is 11.5 Å². The summed E-state index contributed by atoms with van der Waals surface area (Å²) < 4.78 is 12.3. The molecule has 3 aromatic rings. The molecule has 1 saturated heterocycles. The maximum Gasteiger partial charge on any atom is 0.293 e. The Morgan fingerprint density at radius 2 is 1.84 bits per heavy atom. The number of hydrogen-bond donors (Lipinski definition) is 1. The van der Waals surface area contributed by atoms with Crippen molar-refractivity contribution >= 4 is 68.1 Å². The second-order valence-corrected chi connectivity index (χ2v) is 10.2. The van der Waals surface area contributed by atoms with Crippen molar-refractivity contribution in [2.24, 2.45) is 0 Å². The molecule has 3 amide bonds. The minimum atomic E-state index is -0.353. The van der Waals surface area contributed by atoms with Crippen LogP contribution < -0.4 is 14.8 Å². The Morgan fingerprint density at radius 1 is 1.05 bits per heavy atom. The Kier molecular flexibility index (Phi) is 8.91. The van der Waals surface area contributed by atoms with Gasteiger partial charge in [0.25, 0.3) is 17.1 Å². The van der Waals surface area contributed by atoms with Gasteiger partial charge in [-0.1, -0.05) is 51.8 Å². The molecule has 0 atom stereocenters. The molecule has 0 radical (unpaired) electrons. The van der Waals surface area contributed by atoms with Crippen LogP contribution in [0.3, 0.4) is 0 Å². The number of thioether (sulfide) groups is 1. The van der Waals surface area contributed by atoms with Crippen molar-refractivity contribution < 1.29 is 23.9 Å². The van der Waals surface area contributed by atoms with E-state index in [1.807, 2.05) is 31.2 Å². The van der Waals surface area contributed by atoms with E-state index in [-0.39, 0.29) is 30.2 Å². The maximum absolute atomic E-state index is 12.9. The number of amides is 3. The largest absolute Gasteiger partial charge is 0.490 e. The molecular formula is C27H22BrClN2O5S. The Hall–Kier alpha value is -3.27. The lowest BCUT2D eigenvalue weighted by Crippen LogP contribution is -2.27. The normalized spacial score (nSPS) is 14.2. The summed E-state index contributed by atoms with van der Waals surface area (Å²) in [6.07, 6.45) is 1.64. The van der Waals surface area contributed by atoms with Gasteiger partial charge in [0.1, 0.15) is 0 Å². The van der Waals surface area contributed by atoms with Gasteiger partial charge in [-0.15, -0.1) is 0 Å². The molecule has 190 valence electrons. The zero-order chi connectivity index (χ0) is 26.4. The molecule has 0 spiro atoms. The lowest BCUT2D eigenvalue weighted by atomic mass is 10.1. The molecule has 0 aliphatic carbocycles. The van der Waals surface area contributed by atoms with Gasteiger partial charge in [0.05, 0.1) is 18.1 Å². The highest BCUT2D eigenvalue weighted by Gasteiger charge is 2.35. The van der Waals surface area contributed by atoms with E-state index < -0.39 is 0 Å². The van der Waals surface area contributed by atoms with Gasteiger partial charge < -0.3 is 14.8 Å². The maximum atomic E-state index is 12.9. The van der Waals surface area contributed by atoms with Crippen LogP contribution in [-0.2, 0) is 16.1 Å². The Balaban J connectivity index is 1.44. The fourth-order valence-electron chi connectivity index (χ4n) is 3.47. The third kappa shape index (κ3) is 7.15. The van der Waals surface area contributed by atoms with Crippen molar-refractivity contribution in [2.45, 2.75) is 13.5 Å². The zero-order valence-electron chi connectivity index (χ0n) is 19.7. The summed E-state index contributed by atoms with van der Waals surface area (Å²) in [6.45, 7) is 2.17. The summed E-state index contributed by atoms with van der Waals surface area (Å²) in [5.74, 6) is 0.0895. The summed E-state index contributed by atoms with van der Waals surface area (Å²) in [6, 6.07) is 19.4. The van der Waals surface area contributed by atoms with Gasteiger partial charge in [0.2, 0.25) is 0 Å². The summed E-state index contributed by atoms with van der Waals surface area (Å²) in [4.78, 5) is 39.3. The third-order valence-corrected chi connectivity index (χ3v) is 6.83. The van der Waals surface area contributed by atoms with Gasteiger partial charge in [0, 0.05) is 15.2 Å². The lowest BCUT2D eigenvalue weighted by molar-refractivity contribution is -0.123. The van der Waals surface area contributed by atoms with Crippen LogP contribution in [0.25, 0.3) is 6.08 Å². The average Bonchev–Trinajstić information content (AvgIpc) is 3.12. The quantitative estimate of drug-likeness (QED) is 0.273. The number of halogens is 2. The first-order chi connectivity index (χ1) is 17.8. The molecule has 37 heavy (non-hydrogen) atoms. The number of rotatable bonds is 9. The highest BCUT2D eigenvalue weighted by Crippen LogP contribution is 2.35. The molecule has 0 aromatic heterocycles. The van der Waals surface area contributed by atoms with E-state index in [2.05, 4.69) is 21.2 Å². The number of nitrogens with one attached hydrogen (secondary N) is 1. The number of ether oxygens (including phenoxy) is 2. The van der Waals surface area contributed by atoms with Crippen molar-refractivity contribution in [1.29, 1.82) is 0 Å². The molecule has 1 aliphatic rings. The van der Waals surface area contributed by atoms with E-state index in [9.17, 15) is 14.4 Å². The predicted molar refractivity (Wildman–Crippen MR) is 149 cm³/mol. The molecule has 0 unspecified atom stereocenters. The molecule has 1 aliphatic heterocycles. The highest BCUT2D eigenvalue weighted by atomic mass is 79.9. The fraction of sp³-hybridized carbons (Fsp3) is 0.148. The first kappa shape index (κ1) is 26.8. The average molecular weight is 602 g/mol. The molecular weight excluding hydrogens is 580 g/mol. The van der Waals surface area contributed by atoms with Crippen molar-refractivity contribution in [2.75, 3.05) is 18.5 Å². The Labute approximate surface area is 231 Å². The molecule has 3 aromatic carbocycles. The summed E-state index contributed by atoms with van der Waals surface area (Å²) in [5, 5.41) is 2.91. The predicted octanol–water partition coefficient (Wildman–Crippen LogP) is 6.76. The van der Waals surface area contributed by atoms with Crippen molar-refractivity contribution in [1.82, 2.24) is 4.90 Å². The van der Waals surface area contributed by atoms with E-state index in [0.29, 0.717) is 39.3 Å². The van der Waals surface area contributed by atoms with Gasteiger partial charge in [-0.05, 0) is 78.4 Å². The summed E-state index contributed by atoms with van der Waals surface area (Å²) >= 11 is 10.2. The second kappa shape index (κ2) is 12.3. The van der Waals surface area contributed by atoms with Crippen LogP contribution in [-0.4, -0.2) is 35.2 Å². The lowest BCUT2D eigenvalue weighted by Gasteiger charge is -2.13. The van der Waals surface area contributed by atoms with Crippen molar-refractivity contribution in [3.63, 3.8) is 0 Å². The molecule has 1 N–H and O–H groups in total. The Morgan fingerprint density at radius 3 is 2.57 bits per heavy atom. The second-order valence-electron chi connectivity index (χ2n) is 7.88. The van der Waals surface area contributed by atoms with Gasteiger partial charge >= 0.3 is 0 Å². The Bertz CT molecular complexity index is 1360. The number of carbonyl (C=O) groups is 3. The monoisotopic (exact) mass is 600 g/mol. The number of nitrogens with zero attached hydrogens (tertiary/aromatic N) is 1. The number of hydrogen-bond acceptors (Lipinski definition) is 6. The molecule has 4 rings (SSSR count). The highest BCUT2D eigenvalue weighted by molar-refractivity contribution is 9.10. The summed E-state index contributed by atoms with van der Waals surface area (Å²) in [7, 11) is 0. The topological polar surface area (TPSA) is 84.9 Å². The minimum Gasteiger partial charge on any atom is -0.490 e. The van der Waals surface area contributed by atoms with Crippen LogP contribution in [0.1, 0.15) is 18.1 Å². The SMILES string of the molecule is CCOc1cc(/C=C2/SC(=O)N(Cc3ccc(Br)cc3)C2=O)ccc1OCC(=O)Nc1cccc(Cl)c1. The zero-order valence-corrected chi connectivity index (χ0v) is 22.9. The first-order valence-corrected chi connectivity index (χ1v) is 13.3. The molecule has 1 fully saturated rings. The number of benzene rings is 3. The smallest absolute Gasteiger partial charge is 0.293 e. The third-order valence-electron chi connectivity index (χ3n) is 5.16. The van der Waals surface area contributed by atoms with Gasteiger partial charge in [-0.3, -0.25) is 19.3 Å². The fourth-order valence-corrected chi connectivity index (χ4v) is 4.76. The van der Waals surface area contributed by atoms with Crippen LogP contribution in [0.4, 0.5) is 10.5 Å². The van der Waals surface area contributed by atoms with Crippen molar-refractivity contribution in [3.05, 3.63) is 92.3 Å². The number of carbonyl (C=O) groups excluding carboxylic acids is 3. The van der Waals surface area contributed by atoms with E-state index in [4.69, 9.17) is 21.1 Å². The minimum absolute atomic E-state index is 0.198. The van der Waals surface area contributed by atoms with Gasteiger partial charge in [-0.2, -0.15) is 0 Å². The van der Waals surface area contributed by atoms with Crippen LogP contribution in [0, 0.1) is 0 Å². The molecule has 0 saturated carbocycles. The molecule has 7 nitrogen and oxygen atoms in total. The molecule has 1 heterocycles. The standard InChI is InChI=1S/C27H22BrClN2O5S/c1-2-35-23-12-18(8-11-22(23)36-16-25(32)30-21-5-3-4-20(29)14-21)13-24-26(33)31(27(34)37-24)15-17-6-9-19(28)10-7-17/h3-14H,2,15-16H2,1H3,(H,30,32)/b24-13+. The van der Waals surface area contributed by atoms with Gasteiger partial charge in [-0.25, -0.2) is 0 Å². The number of anilines is 1. The van der Waals surface area contributed by atoms with Crippen LogP contribution in [0.2, 0.25) is 5.02 Å². The molecule has 10 heteroatoms. The van der Waals surface area contributed by atoms with E-state index >= 15 is 0 Å². The first-order valence-electron chi connectivity index (χ1n) is 11.3. The summed E-state index contributed by atoms with van der Waals surface area (Å²) in [5.41, 5.74) is 2.08. The van der Waals surface area contributed by atoms with Crippen LogP contribution in [0.15, 0.2) is 76.1 Å². The van der Waals surface area contributed by atoms with Crippen molar-refractivity contribution in [3.8, 4) is 11.5 Å². The van der Waals surface area contributed by atoms with Gasteiger partial charge in [0.15, 0.2) is 18.1 Å². The van der Waals surface area contributed by atoms with Crippen LogP contribution >= 0.6 is 39.3 Å². The molecule has 0 bridgehead atoms. The van der Waals surface area contributed by atoms with E-state index in [1.54, 1.807) is 48.5 Å².